The van der Waals surface area contributed by atoms with Gasteiger partial charge in [-0.3, -0.25) is 9.69 Å². The Bertz CT molecular complexity index is 317. The summed E-state index contributed by atoms with van der Waals surface area (Å²) in [7, 11) is 0. The molecule has 1 aliphatic rings. The molecule has 1 saturated heterocycles. The highest BCUT2D eigenvalue weighted by atomic mass is 32.2. The minimum Gasteiger partial charge on any atom is -0.480 e. The molecular formula is C12H21N3O3S. The van der Waals surface area contributed by atoms with Crippen molar-refractivity contribution >= 4 is 23.8 Å². The maximum atomic E-state index is 11.8. The van der Waals surface area contributed by atoms with E-state index in [0.29, 0.717) is 32.7 Å². The second-order valence-electron chi connectivity index (χ2n) is 4.25. The molecule has 0 spiro atoms. The number of hydrogen-bond donors (Lipinski definition) is 2. The Hall–Kier alpha value is -1.21. The van der Waals surface area contributed by atoms with Crippen LogP contribution in [0.5, 0.6) is 0 Å². The van der Waals surface area contributed by atoms with Gasteiger partial charge in [-0.25, -0.2) is 4.79 Å². The van der Waals surface area contributed by atoms with Gasteiger partial charge in [-0.1, -0.05) is 6.08 Å². The van der Waals surface area contributed by atoms with Crippen LogP contribution in [0.3, 0.4) is 0 Å². The van der Waals surface area contributed by atoms with Gasteiger partial charge in [0.15, 0.2) is 0 Å². The molecule has 0 saturated carbocycles. The lowest BCUT2D eigenvalue weighted by molar-refractivity contribution is -0.138. The number of carboxylic acid groups (broad SMARTS) is 1. The van der Waals surface area contributed by atoms with Crippen molar-refractivity contribution in [3.8, 4) is 0 Å². The number of rotatable bonds is 7. The fraction of sp³-hybridized carbons (Fsp3) is 0.667. The number of carbonyl (C=O) groups is 2. The van der Waals surface area contributed by atoms with Gasteiger partial charge in [-0.15, -0.1) is 6.58 Å². The van der Waals surface area contributed by atoms with Crippen molar-refractivity contribution in [2.75, 3.05) is 50.8 Å². The number of urea groups is 1. The maximum absolute atomic E-state index is 11.8. The number of hydrogen-bond acceptors (Lipinski definition) is 4. The third-order valence-electron chi connectivity index (χ3n) is 2.78. The molecule has 0 aromatic rings. The Morgan fingerprint density at radius 2 is 2.00 bits per heavy atom. The predicted molar refractivity (Wildman–Crippen MR) is 76.6 cm³/mol. The molecule has 1 aliphatic heterocycles. The van der Waals surface area contributed by atoms with E-state index in [9.17, 15) is 9.59 Å². The van der Waals surface area contributed by atoms with E-state index >= 15 is 0 Å². The molecule has 0 bridgehead atoms. The first-order valence-electron chi connectivity index (χ1n) is 6.29. The van der Waals surface area contributed by atoms with Crippen LogP contribution < -0.4 is 5.32 Å². The standard InChI is InChI=1S/C12H21N3O3S/c1-2-8-19-9-3-13-12(18)15-6-4-14(5-7-15)10-11(16)17/h2H,1,3-10H2,(H,13,18)(H,16,17). The average Bonchev–Trinajstić information content (AvgIpc) is 2.38. The zero-order chi connectivity index (χ0) is 14.1. The van der Waals surface area contributed by atoms with Crippen LogP contribution in [0.4, 0.5) is 4.79 Å². The van der Waals surface area contributed by atoms with Gasteiger partial charge in [0.2, 0.25) is 0 Å². The number of nitrogens with zero attached hydrogens (tertiary/aromatic N) is 2. The molecule has 108 valence electrons. The van der Waals surface area contributed by atoms with Crippen LogP contribution in [-0.2, 0) is 4.79 Å². The summed E-state index contributed by atoms with van der Waals surface area (Å²) in [5.41, 5.74) is 0. The van der Waals surface area contributed by atoms with Crippen LogP contribution in [0, 0.1) is 0 Å². The molecule has 0 aromatic carbocycles. The summed E-state index contributed by atoms with van der Waals surface area (Å²) >= 11 is 1.72. The van der Waals surface area contributed by atoms with E-state index in [1.165, 1.54) is 0 Å². The zero-order valence-electron chi connectivity index (χ0n) is 11.0. The molecule has 7 heteroatoms. The van der Waals surface area contributed by atoms with E-state index < -0.39 is 5.97 Å². The van der Waals surface area contributed by atoms with E-state index in [1.54, 1.807) is 16.7 Å². The second kappa shape index (κ2) is 8.82. The summed E-state index contributed by atoms with van der Waals surface area (Å²) < 4.78 is 0. The third kappa shape index (κ3) is 6.49. The highest BCUT2D eigenvalue weighted by Gasteiger charge is 2.21. The Morgan fingerprint density at radius 1 is 1.32 bits per heavy atom. The first-order chi connectivity index (χ1) is 9.13. The maximum Gasteiger partial charge on any atom is 0.317 e. The summed E-state index contributed by atoms with van der Waals surface area (Å²) in [6.07, 6.45) is 1.84. The molecule has 0 radical (unpaired) electrons. The van der Waals surface area contributed by atoms with Crippen LogP contribution in [-0.4, -0.2) is 77.7 Å². The number of carbonyl (C=O) groups excluding carboxylic acids is 1. The summed E-state index contributed by atoms with van der Waals surface area (Å²) in [5, 5.41) is 11.5. The Labute approximate surface area is 117 Å². The molecule has 1 rings (SSSR count). The largest absolute Gasteiger partial charge is 0.480 e. The molecule has 1 fully saturated rings. The SMILES string of the molecule is C=CCSCCNC(=O)N1CCN(CC(=O)O)CC1. The van der Waals surface area contributed by atoms with Crippen molar-refractivity contribution < 1.29 is 14.7 Å². The van der Waals surface area contributed by atoms with Crippen molar-refractivity contribution in [2.45, 2.75) is 0 Å². The van der Waals surface area contributed by atoms with E-state index in [4.69, 9.17) is 5.11 Å². The first kappa shape index (κ1) is 15.8. The monoisotopic (exact) mass is 287 g/mol. The fourth-order valence-electron chi connectivity index (χ4n) is 1.81. The summed E-state index contributed by atoms with van der Waals surface area (Å²) in [4.78, 5) is 25.9. The van der Waals surface area contributed by atoms with Crippen LogP contribution in [0.25, 0.3) is 0 Å². The topological polar surface area (TPSA) is 72.9 Å². The highest BCUT2D eigenvalue weighted by Crippen LogP contribution is 2.02. The molecule has 0 aromatic heterocycles. The lowest BCUT2D eigenvalue weighted by atomic mass is 10.3. The number of amides is 2. The molecule has 19 heavy (non-hydrogen) atoms. The van der Waals surface area contributed by atoms with Gasteiger partial charge in [0.05, 0.1) is 6.54 Å². The Kier molecular flexibility index (Phi) is 7.35. The number of piperazine rings is 1. The van der Waals surface area contributed by atoms with E-state index in [1.807, 2.05) is 11.0 Å². The average molecular weight is 287 g/mol. The summed E-state index contributed by atoms with van der Waals surface area (Å²) in [6, 6.07) is -0.0609. The number of thioether (sulfide) groups is 1. The number of nitrogens with one attached hydrogen (secondary N) is 1. The molecule has 6 nitrogen and oxygen atoms in total. The normalized spacial score (nSPS) is 16.1. The van der Waals surface area contributed by atoms with Gasteiger partial charge in [0.1, 0.15) is 0 Å². The van der Waals surface area contributed by atoms with Gasteiger partial charge in [-0.05, 0) is 0 Å². The van der Waals surface area contributed by atoms with Gasteiger partial charge >= 0.3 is 12.0 Å². The Morgan fingerprint density at radius 3 is 2.58 bits per heavy atom. The minimum absolute atomic E-state index is 0.0493. The Balaban J connectivity index is 2.14. The molecular weight excluding hydrogens is 266 g/mol. The molecule has 0 unspecified atom stereocenters. The number of carboxylic acids is 1. The van der Waals surface area contributed by atoms with Crippen molar-refractivity contribution in [1.82, 2.24) is 15.1 Å². The molecule has 2 amide bonds. The van der Waals surface area contributed by atoms with E-state index in [0.717, 1.165) is 11.5 Å². The third-order valence-corrected chi connectivity index (χ3v) is 3.74. The smallest absolute Gasteiger partial charge is 0.317 e. The number of aliphatic carboxylic acids is 1. The zero-order valence-corrected chi connectivity index (χ0v) is 11.8. The summed E-state index contributed by atoms with van der Waals surface area (Å²) in [5.74, 6) is 0.942. The van der Waals surface area contributed by atoms with Crippen LogP contribution in [0.15, 0.2) is 12.7 Å². The van der Waals surface area contributed by atoms with E-state index in [-0.39, 0.29) is 12.6 Å². The lowest BCUT2D eigenvalue weighted by Gasteiger charge is -2.33. The van der Waals surface area contributed by atoms with Crippen molar-refractivity contribution in [1.29, 1.82) is 0 Å². The van der Waals surface area contributed by atoms with Crippen molar-refractivity contribution in [3.63, 3.8) is 0 Å². The van der Waals surface area contributed by atoms with Gasteiger partial charge in [-0.2, -0.15) is 11.8 Å². The minimum atomic E-state index is -0.822. The van der Waals surface area contributed by atoms with Crippen LogP contribution in [0.1, 0.15) is 0 Å². The van der Waals surface area contributed by atoms with Crippen molar-refractivity contribution in [3.05, 3.63) is 12.7 Å². The lowest BCUT2D eigenvalue weighted by Crippen LogP contribution is -2.52. The van der Waals surface area contributed by atoms with Crippen LogP contribution >= 0.6 is 11.8 Å². The predicted octanol–water partition coefficient (Wildman–Crippen LogP) is 0.317. The van der Waals surface area contributed by atoms with E-state index in [2.05, 4.69) is 11.9 Å². The van der Waals surface area contributed by atoms with Gasteiger partial charge < -0.3 is 15.3 Å². The second-order valence-corrected chi connectivity index (χ2v) is 5.40. The molecule has 0 atom stereocenters. The highest BCUT2D eigenvalue weighted by molar-refractivity contribution is 7.99. The van der Waals surface area contributed by atoms with Crippen LogP contribution in [0.2, 0.25) is 0 Å². The fourth-order valence-corrected chi connectivity index (χ4v) is 2.39. The van der Waals surface area contributed by atoms with Crippen molar-refractivity contribution in [2.24, 2.45) is 0 Å². The van der Waals surface area contributed by atoms with Gasteiger partial charge in [0, 0.05) is 44.2 Å². The quantitative estimate of drug-likeness (QED) is 0.521. The molecule has 1 heterocycles. The molecule has 2 N–H and O–H groups in total. The first-order valence-corrected chi connectivity index (χ1v) is 7.44. The summed E-state index contributed by atoms with van der Waals surface area (Å²) in [6.45, 7) is 6.72. The molecule has 0 aliphatic carbocycles. The van der Waals surface area contributed by atoms with Gasteiger partial charge in [0.25, 0.3) is 0 Å².